The van der Waals surface area contributed by atoms with Crippen LogP contribution in [-0.2, 0) is 12.8 Å². The van der Waals surface area contributed by atoms with Crippen molar-refractivity contribution in [1.29, 1.82) is 0 Å². The number of aryl methyl sites for hydroxylation is 2. The van der Waals surface area contributed by atoms with Crippen LogP contribution in [0.1, 0.15) is 25.2 Å². The van der Waals surface area contributed by atoms with Gasteiger partial charge < -0.3 is 20.4 Å². The molecular formula is C13H20N4O3. The van der Waals surface area contributed by atoms with E-state index in [0.29, 0.717) is 5.82 Å². The predicted octanol–water partition coefficient (Wildman–Crippen LogP) is 0.736. The first-order valence-electron chi connectivity index (χ1n) is 6.82. The number of β-amino-alcohol motifs (C(OH)–C–C–N with tert-alkyl or cyclic N) is 1. The fourth-order valence-corrected chi connectivity index (χ4v) is 2.26. The molecule has 0 aliphatic carbocycles. The van der Waals surface area contributed by atoms with Gasteiger partial charge in [0.2, 0.25) is 0 Å². The van der Waals surface area contributed by atoms with Gasteiger partial charge in [-0.25, -0.2) is 9.78 Å². The summed E-state index contributed by atoms with van der Waals surface area (Å²) in [5, 5.41) is 22.0. The van der Waals surface area contributed by atoms with Crippen molar-refractivity contribution in [2.45, 2.75) is 38.8 Å². The number of aliphatic hydroxyl groups excluding tert-OH is 1. The maximum atomic E-state index is 10.9. The molecule has 1 aliphatic heterocycles. The van der Waals surface area contributed by atoms with Gasteiger partial charge in [-0.15, -0.1) is 0 Å². The number of carbonyl (C=O) groups is 1. The molecule has 7 nitrogen and oxygen atoms in total. The van der Waals surface area contributed by atoms with E-state index in [9.17, 15) is 9.90 Å². The van der Waals surface area contributed by atoms with Gasteiger partial charge in [-0.3, -0.25) is 4.98 Å². The van der Waals surface area contributed by atoms with Crippen molar-refractivity contribution in [2.24, 2.45) is 0 Å². The summed E-state index contributed by atoms with van der Waals surface area (Å²) in [7, 11) is 0. The summed E-state index contributed by atoms with van der Waals surface area (Å²) in [6, 6.07) is -0.349. The van der Waals surface area contributed by atoms with Crippen molar-refractivity contribution in [1.82, 2.24) is 14.9 Å². The van der Waals surface area contributed by atoms with Gasteiger partial charge in [0, 0.05) is 12.7 Å². The molecule has 1 aliphatic rings. The molecule has 0 spiro atoms. The Hall–Kier alpha value is -1.89. The number of aromatic nitrogens is 2. The summed E-state index contributed by atoms with van der Waals surface area (Å²) < 4.78 is 0. The third-order valence-corrected chi connectivity index (χ3v) is 3.48. The lowest BCUT2D eigenvalue weighted by atomic mass is 10.2. The van der Waals surface area contributed by atoms with E-state index in [1.165, 1.54) is 4.90 Å². The van der Waals surface area contributed by atoms with Gasteiger partial charge in [0.05, 0.1) is 30.1 Å². The minimum absolute atomic E-state index is 0.120. The average Bonchev–Trinajstić information content (AvgIpc) is 2.80. The van der Waals surface area contributed by atoms with Crippen LogP contribution in [0.4, 0.5) is 10.6 Å². The van der Waals surface area contributed by atoms with E-state index >= 15 is 0 Å². The van der Waals surface area contributed by atoms with Gasteiger partial charge in [-0.2, -0.15) is 0 Å². The topological polar surface area (TPSA) is 98.6 Å². The number of likely N-dealkylation sites (tertiary alicyclic amines) is 1. The number of nitrogens with one attached hydrogen (secondary N) is 1. The number of rotatable bonds is 4. The standard InChI is InChI=1S/C13H20N4O3/c1-3-8-5-14-9(4-2)12(15-8)16-10-6-17(13(19)20)7-11(10)18/h5,10-11,18H,3-4,6-7H2,1-2H3,(H,15,16)(H,19,20)/t10-,11-/m0/s1. The highest BCUT2D eigenvalue weighted by molar-refractivity contribution is 5.65. The van der Waals surface area contributed by atoms with E-state index in [1.807, 2.05) is 13.8 Å². The number of hydrogen-bond acceptors (Lipinski definition) is 5. The molecular weight excluding hydrogens is 260 g/mol. The first-order chi connectivity index (χ1) is 9.55. The molecule has 1 fully saturated rings. The van der Waals surface area contributed by atoms with Crippen LogP contribution in [0.3, 0.4) is 0 Å². The van der Waals surface area contributed by atoms with Crippen LogP contribution in [0.25, 0.3) is 0 Å². The quantitative estimate of drug-likeness (QED) is 0.752. The zero-order chi connectivity index (χ0) is 14.7. The Bertz CT molecular complexity index is 495. The smallest absolute Gasteiger partial charge is 0.407 e. The van der Waals surface area contributed by atoms with Gasteiger partial charge in [-0.1, -0.05) is 13.8 Å². The summed E-state index contributed by atoms with van der Waals surface area (Å²) in [4.78, 5) is 21.0. The maximum Gasteiger partial charge on any atom is 0.407 e. The van der Waals surface area contributed by atoms with E-state index in [-0.39, 0.29) is 19.1 Å². The van der Waals surface area contributed by atoms with Gasteiger partial charge in [-0.05, 0) is 12.8 Å². The molecule has 1 aromatic rings. The molecule has 0 radical (unpaired) electrons. The molecule has 0 bridgehead atoms. The van der Waals surface area contributed by atoms with Crippen molar-refractivity contribution in [3.8, 4) is 0 Å². The molecule has 1 aromatic heterocycles. The van der Waals surface area contributed by atoms with Crippen LogP contribution < -0.4 is 5.32 Å². The first kappa shape index (κ1) is 14.5. The number of carboxylic acid groups (broad SMARTS) is 1. The molecule has 2 atom stereocenters. The molecule has 2 rings (SSSR count). The van der Waals surface area contributed by atoms with Crippen LogP contribution in [0.2, 0.25) is 0 Å². The molecule has 2 heterocycles. The van der Waals surface area contributed by atoms with Gasteiger partial charge in [0.1, 0.15) is 5.82 Å². The first-order valence-corrected chi connectivity index (χ1v) is 6.82. The monoisotopic (exact) mass is 280 g/mol. The molecule has 0 saturated carbocycles. The number of nitrogens with zero attached hydrogens (tertiary/aromatic N) is 3. The number of aliphatic hydroxyl groups is 1. The van der Waals surface area contributed by atoms with Crippen LogP contribution in [0, 0.1) is 0 Å². The lowest BCUT2D eigenvalue weighted by Gasteiger charge is -2.18. The SMILES string of the molecule is CCc1cnc(CC)c(N[C@H]2CN(C(=O)O)C[C@@H]2O)n1. The van der Waals surface area contributed by atoms with E-state index in [0.717, 1.165) is 24.2 Å². The minimum Gasteiger partial charge on any atom is -0.465 e. The van der Waals surface area contributed by atoms with Crippen molar-refractivity contribution >= 4 is 11.9 Å². The lowest BCUT2D eigenvalue weighted by Crippen LogP contribution is -2.33. The highest BCUT2D eigenvalue weighted by Gasteiger charge is 2.34. The predicted molar refractivity (Wildman–Crippen MR) is 73.8 cm³/mol. The zero-order valence-corrected chi connectivity index (χ0v) is 11.7. The fourth-order valence-electron chi connectivity index (χ4n) is 2.26. The molecule has 0 aromatic carbocycles. The summed E-state index contributed by atoms with van der Waals surface area (Å²) in [6.45, 7) is 4.35. The lowest BCUT2D eigenvalue weighted by molar-refractivity contribution is 0.139. The Balaban J connectivity index is 2.15. The molecule has 0 unspecified atom stereocenters. The van der Waals surface area contributed by atoms with Crippen molar-refractivity contribution in [3.05, 3.63) is 17.6 Å². The normalized spacial score (nSPS) is 22.1. The molecule has 3 N–H and O–H groups in total. The molecule has 7 heteroatoms. The molecule has 1 saturated heterocycles. The molecule has 20 heavy (non-hydrogen) atoms. The fraction of sp³-hybridized carbons (Fsp3) is 0.615. The van der Waals surface area contributed by atoms with E-state index in [1.54, 1.807) is 6.20 Å². The Labute approximate surface area is 117 Å². The Morgan fingerprint density at radius 3 is 2.75 bits per heavy atom. The second-order valence-corrected chi connectivity index (χ2v) is 4.87. The van der Waals surface area contributed by atoms with Crippen molar-refractivity contribution < 1.29 is 15.0 Å². The van der Waals surface area contributed by atoms with Crippen molar-refractivity contribution in [3.63, 3.8) is 0 Å². The van der Waals surface area contributed by atoms with E-state index in [4.69, 9.17) is 5.11 Å². The van der Waals surface area contributed by atoms with Crippen LogP contribution in [0.15, 0.2) is 6.20 Å². The highest BCUT2D eigenvalue weighted by atomic mass is 16.4. The second-order valence-electron chi connectivity index (χ2n) is 4.87. The van der Waals surface area contributed by atoms with Gasteiger partial charge in [0.15, 0.2) is 0 Å². The van der Waals surface area contributed by atoms with Gasteiger partial charge in [0.25, 0.3) is 0 Å². The van der Waals surface area contributed by atoms with Crippen LogP contribution >= 0.6 is 0 Å². The second kappa shape index (κ2) is 6.04. The van der Waals surface area contributed by atoms with Crippen LogP contribution in [-0.4, -0.2) is 56.4 Å². The summed E-state index contributed by atoms with van der Waals surface area (Å²) in [6.07, 6.45) is 1.50. The summed E-state index contributed by atoms with van der Waals surface area (Å²) >= 11 is 0. The number of hydrogen-bond donors (Lipinski definition) is 3. The summed E-state index contributed by atoms with van der Waals surface area (Å²) in [5.41, 5.74) is 1.69. The Kier molecular flexibility index (Phi) is 4.39. The molecule has 110 valence electrons. The molecule has 1 amide bonds. The third kappa shape index (κ3) is 2.98. The number of amides is 1. The maximum absolute atomic E-state index is 10.9. The minimum atomic E-state index is -1.02. The summed E-state index contributed by atoms with van der Waals surface area (Å²) in [5.74, 6) is 0.642. The largest absolute Gasteiger partial charge is 0.465 e. The van der Waals surface area contributed by atoms with Gasteiger partial charge >= 0.3 is 6.09 Å². The Morgan fingerprint density at radius 1 is 1.45 bits per heavy atom. The number of anilines is 1. The Morgan fingerprint density at radius 2 is 2.20 bits per heavy atom. The van der Waals surface area contributed by atoms with Crippen LogP contribution in [0.5, 0.6) is 0 Å². The third-order valence-electron chi connectivity index (χ3n) is 3.48. The van der Waals surface area contributed by atoms with Crippen molar-refractivity contribution in [2.75, 3.05) is 18.4 Å². The highest BCUT2D eigenvalue weighted by Crippen LogP contribution is 2.18. The van der Waals surface area contributed by atoms with E-state index < -0.39 is 12.2 Å². The zero-order valence-electron chi connectivity index (χ0n) is 11.7. The average molecular weight is 280 g/mol. The van der Waals surface area contributed by atoms with E-state index in [2.05, 4.69) is 15.3 Å².